The van der Waals surface area contributed by atoms with Crippen LogP contribution < -0.4 is 0 Å². The maximum Gasteiger partial charge on any atom is 0.339 e. The van der Waals surface area contributed by atoms with Gasteiger partial charge in [-0.05, 0) is 49.4 Å². The number of benzene rings is 2. The van der Waals surface area contributed by atoms with Gasteiger partial charge in [-0.15, -0.1) is 5.10 Å². The first-order chi connectivity index (χ1) is 18.4. The van der Waals surface area contributed by atoms with Crippen LogP contribution in [0.15, 0.2) is 54.9 Å². The minimum Gasteiger partial charge on any atom is -0.478 e. The number of hydrogen-bond acceptors (Lipinski definition) is 5. The number of piperidine rings is 1. The van der Waals surface area contributed by atoms with E-state index in [1.807, 2.05) is 12.3 Å². The Morgan fingerprint density at radius 1 is 1.03 bits per heavy atom. The van der Waals surface area contributed by atoms with Gasteiger partial charge in [0.25, 0.3) is 5.91 Å². The van der Waals surface area contributed by atoms with E-state index in [1.54, 1.807) is 51.6 Å². The summed E-state index contributed by atoms with van der Waals surface area (Å²) in [7, 11) is 1.79. The minimum atomic E-state index is -1.05. The van der Waals surface area contributed by atoms with Gasteiger partial charge in [0.15, 0.2) is 0 Å². The lowest BCUT2D eigenvalue weighted by molar-refractivity contribution is 0.0692. The normalized spacial score (nSPS) is 18.9. The summed E-state index contributed by atoms with van der Waals surface area (Å²) < 4.78 is 19.0. The molecule has 2 atom stereocenters. The highest BCUT2D eigenvalue weighted by Gasteiger charge is 2.46. The van der Waals surface area contributed by atoms with Gasteiger partial charge in [-0.25, -0.2) is 13.9 Å². The summed E-state index contributed by atoms with van der Waals surface area (Å²) in [5, 5.41) is 22.5. The van der Waals surface area contributed by atoms with Crippen LogP contribution in [-0.2, 0) is 7.05 Å². The topological polar surface area (TPSA) is 106 Å². The van der Waals surface area contributed by atoms with E-state index in [4.69, 9.17) is 0 Å². The number of aromatic nitrogens is 5. The second-order valence-electron chi connectivity index (χ2n) is 10.00. The summed E-state index contributed by atoms with van der Waals surface area (Å²) in [6.07, 6.45) is 6.87. The summed E-state index contributed by atoms with van der Waals surface area (Å²) in [6, 6.07) is 12.0. The summed E-state index contributed by atoms with van der Waals surface area (Å²) in [6.45, 7) is 1.28. The summed E-state index contributed by atoms with van der Waals surface area (Å²) in [5.41, 5.74) is 3.09. The van der Waals surface area contributed by atoms with E-state index >= 15 is 4.39 Å². The van der Waals surface area contributed by atoms with Crippen molar-refractivity contribution in [2.24, 2.45) is 7.05 Å². The van der Waals surface area contributed by atoms with Crippen LogP contribution in [0.25, 0.3) is 16.8 Å². The summed E-state index contributed by atoms with van der Waals surface area (Å²) in [5.74, 6) is -1.93. The standard InChI is InChI=1S/C28H27FN6O3/c1-33-16-24(31-32-33)21-14-22(21)26-23(28(37)38)15-30-35(26)18-8-5-7-17(13-18)19-9-6-10-20(25(19)29)27(36)34-11-3-2-4-12-34/h5-10,13,15-16,21-22H,2-4,11-12,14H2,1H3,(H,37,38). The van der Waals surface area contributed by atoms with Crippen molar-refractivity contribution in [3.05, 3.63) is 83.2 Å². The fourth-order valence-corrected chi connectivity index (χ4v) is 5.44. The monoisotopic (exact) mass is 514 g/mol. The van der Waals surface area contributed by atoms with E-state index in [0.29, 0.717) is 35.6 Å². The average Bonchev–Trinajstić information content (AvgIpc) is 3.37. The van der Waals surface area contributed by atoms with Crippen LogP contribution in [0.3, 0.4) is 0 Å². The molecule has 0 radical (unpaired) electrons. The highest BCUT2D eigenvalue weighted by atomic mass is 19.1. The Bertz CT molecular complexity index is 1540. The van der Waals surface area contributed by atoms with Crippen molar-refractivity contribution in [2.45, 2.75) is 37.5 Å². The van der Waals surface area contributed by atoms with Gasteiger partial charge in [-0.3, -0.25) is 9.48 Å². The van der Waals surface area contributed by atoms with Gasteiger partial charge in [0.1, 0.15) is 11.4 Å². The van der Waals surface area contributed by atoms with Gasteiger partial charge in [-0.1, -0.05) is 29.5 Å². The zero-order chi connectivity index (χ0) is 26.4. The number of carbonyl (C=O) groups is 2. The molecule has 3 heterocycles. The van der Waals surface area contributed by atoms with Gasteiger partial charge in [-0.2, -0.15) is 5.10 Å². The van der Waals surface area contributed by atoms with E-state index in [1.165, 1.54) is 12.3 Å². The van der Waals surface area contributed by atoms with Crippen molar-refractivity contribution in [1.82, 2.24) is 29.7 Å². The Labute approximate surface area is 218 Å². The molecule has 1 saturated heterocycles. The van der Waals surface area contributed by atoms with Gasteiger partial charge in [0, 0.05) is 43.7 Å². The summed E-state index contributed by atoms with van der Waals surface area (Å²) >= 11 is 0. The molecular formula is C28H27FN6O3. The molecule has 0 bridgehead atoms. The number of carboxylic acids is 1. The highest BCUT2D eigenvalue weighted by Crippen LogP contribution is 2.55. The van der Waals surface area contributed by atoms with Crippen molar-refractivity contribution in [3.8, 4) is 16.8 Å². The van der Waals surface area contributed by atoms with Crippen LogP contribution in [-0.4, -0.2) is 59.7 Å². The third kappa shape index (κ3) is 4.25. The molecule has 2 aromatic carbocycles. The van der Waals surface area contributed by atoms with Crippen LogP contribution in [0.1, 0.15) is 69.6 Å². The van der Waals surface area contributed by atoms with E-state index < -0.39 is 11.8 Å². The Hall–Kier alpha value is -4.34. The van der Waals surface area contributed by atoms with Crippen LogP contribution in [0.5, 0.6) is 0 Å². The van der Waals surface area contributed by atoms with Gasteiger partial charge < -0.3 is 10.0 Å². The lowest BCUT2D eigenvalue weighted by Gasteiger charge is -2.27. The quantitative estimate of drug-likeness (QED) is 0.409. The van der Waals surface area contributed by atoms with E-state index in [2.05, 4.69) is 15.4 Å². The molecule has 2 aromatic heterocycles. The number of likely N-dealkylation sites (tertiary alicyclic amines) is 1. The van der Waals surface area contributed by atoms with Crippen LogP contribution in [0.4, 0.5) is 4.39 Å². The first-order valence-corrected chi connectivity index (χ1v) is 12.8. The van der Waals surface area contributed by atoms with Gasteiger partial charge in [0.05, 0.1) is 28.8 Å². The minimum absolute atomic E-state index is 0.0513. The second kappa shape index (κ2) is 9.51. The number of carboxylic acid groups (broad SMARTS) is 1. The molecule has 1 aliphatic heterocycles. The molecule has 2 aliphatic rings. The van der Waals surface area contributed by atoms with Crippen LogP contribution >= 0.6 is 0 Å². The van der Waals surface area contributed by atoms with E-state index in [0.717, 1.165) is 31.4 Å². The molecule has 4 aromatic rings. The molecule has 6 rings (SSSR count). The molecule has 1 N–H and O–H groups in total. The number of rotatable bonds is 6. The molecule has 9 nitrogen and oxygen atoms in total. The summed E-state index contributed by atoms with van der Waals surface area (Å²) in [4.78, 5) is 26.8. The molecule has 1 aliphatic carbocycles. The molecule has 194 valence electrons. The molecule has 0 spiro atoms. The molecule has 10 heteroatoms. The second-order valence-corrected chi connectivity index (χ2v) is 10.00. The number of carbonyl (C=O) groups excluding carboxylic acids is 1. The van der Waals surface area contributed by atoms with Crippen molar-refractivity contribution in [1.29, 1.82) is 0 Å². The van der Waals surface area contributed by atoms with E-state index in [-0.39, 0.29) is 28.9 Å². The molecule has 2 fully saturated rings. The van der Waals surface area contributed by atoms with Crippen molar-refractivity contribution in [3.63, 3.8) is 0 Å². The van der Waals surface area contributed by atoms with Crippen LogP contribution in [0.2, 0.25) is 0 Å². The molecule has 1 amide bonds. The SMILES string of the molecule is Cn1cc(C2CC2c2c(C(=O)O)cnn2-c2cccc(-c3cccc(C(=O)N4CCCCC4)c3F)c2)nn1. The lowest BCUT2D eigenvalue weighted by atomic mass is 10.00. The fraction of sp³-hybridized carbons (Fsp3) is 0.321. The largest absolute Gasteiger partial charge is 0.478 e. The maximum absolute atomic E-state index is 15.7. The maximum atomic E-state index is 15.7. The zero-order valence-corrected chi connectivity index (χ0v) is 20.9. The fourth-order valence-electron chi connectivity index (χ4n) is 5.44. The molecule has 38 heavy (non-hydrogen) atoms. The number of aryl methyl sites for hydroxylation is 1. The predicted molar refractivity (Wildman–Crippen MR) is 137 cm³/mol. The average molecular weight is 515 g/mol. The number of nitrogens with zero attached hydrogens (tertiary/aromatic N) is 6. The van der Waals surface area contributed by atoms with Crippen LogP contribution in [0, 0.1) is 5.82 Å². The Kier molecular flexibility index (Phi) is 6.01. The molecular weight excluding hydrogens is 487 g/mol. The van der Waals surface area contributed by atoms with Crippen molar-refractivity contribution < 1.29 is 19.1 Å². The lowest BCUT2D eigenvalue weighted by Crippen LogP contribution is -2.36. The third-order valence-electron chi connectivity index (χ3n) is 7.45. The number of hydrogen-bond donors (Lipinski definition) is 1. The Balaban J connectivity index is 1.35. The third-order valence-corrected chi connectivity index (χ3v) is 7.45. The van der Waals surface area contributed by atoms with Gasteiger partial charge >= 0.3 is 5.97 Å². The molecule has 1 saturated carbocycles. The number of halogens is 1. The van der Waals surface area contributed by atoms with E-state index in [9.17, 15) is 14.7 Å². The highest BCUT2D eigenvalue weighted by molar-refractivity contribution is 5.96. The van der Waals surface area contributed by atoms with Crippen molar-refractivity contribution >= 4 is 11.9 Å². The van der Waals surface area contributed by atoms with Crippen molar-refractivity contribution in [2.75, 3.05) is 13.1 Å². The predicted octanol–water partition coefficient (Wildman–Crippen LogP) is 4.40. The first kappa shape index (κ1) is 24.0. The Morgan fingerprint density at radius 3 is 2.55 bits per heavy atom. The first-order valence-electron chi connectivity index (χ1n) is 12.8. The zero-order valence-electron chi connectivity index (χ0n) is 20.9. The Morgan fingerprint density at radius 2 is 1.82 bits per heavy atom. The number of amides is 1. The smallest absolute Gasteiger partial charge is 0.339 e. The number of aromatic carboxylic acids is 1. The van der Waals surface area contributed by atoms with Gasteiger partial charge in [0.2, 0.25) is 0 Å². The molecule has 2 unspecified atom stereocenters.